The third-order valence-corrected chi connectivity index (χ3v) is 4.14. The first-order valence-electron chi connectivity index (χ1n) is 5.40. The lowest BCUT2D eigenvalue weighted by molar-refractivity contribution is 0.529. The first kappa shape index (κ1) is 12.2. The second-order valence-corrected chi connectivity index (χ2v) is 5.56. The summed E-state index contributed by atoms with van der Waals surface area (Å²) in [5, 5.41) is 18.4. The van der Waals surface area contributed by atoms with Crippen LogP contribution in [-0.4, -0.2) is 25.1 Å². The lowest BCUT2D eigenvalue weighted by Gasteiger charge is -1.98. The number of hydrogen-bond donors (Lipinski definition) is 1. The van der Waals surface area contributed by atoms with Crippen LogP contribution in [0.2, 0.25) is 0 Å². The molecule has 19 heavy (non-hydrogen) atoms. The van der Waals surface area contributed by atoms with Crippen LogP contribution in [-0.2, 0) is 5.75 Å². The van der Waals surface area contributed by atoms with Crippen molar-refractivity contribution < 1.29 is 4.42 Å². The summed E-state index contributed by atoms with van der Waals surface area (Å²) in [5.41, 5.74) is 0. The summed E-state index contributed by atoms with van der Waals surface area (Å²) in [6, 6.07) is 3.88. The fraction of sp³-hybridized carbons (Fsp3) is 0.200. The lowest BCUT2D eigenvalue weighted by Crippen LogP contribution is -2.11. The maximum Gasteiger partial charge on any atom is 0.257 e. The molecule has 0 aliphatic rings. The molecule has 3 rings (SSSR count). The zero-order chi connectivity index (χ0) is 13.2. The molecule has 0 aromatic carbocycles. The number of nitrogen functional groups attached to an aromatic ring is 1. The monoisotopic (exact) mass is 294 g/mol. The van der Waals surface area contributed by atoms with Crippen LogP contribution in [0.4, 0.5) is 0 Å². The Bertz CT molecular complexity index is 674. The third kappa shape index (κ3) is 2.47. The van der Waals surface area contributed by atoms with Gasteiger partial charge in [-0.3, -0.25) is 0 Å². The lowest BCUT2D eigenvalue weighted by atomic mass is 10.5. The van der Waals surface area contributed by atoms with Crippen molar-refractivity contribution in [2.75, 3.05) is 5.84 Å². The number of rotatable bonds is 4. The van der Waals surface area contributed by atoms with Gasteiger partial charge in [0.25, 0.3) is 5.89 Å². The molecule has 0 aliphatic heterocycles. The Hall–Kier alpha value is -1.87. The Labute approximate surface area is 116 Å². The highest BCUT2D eigenvalue weighted by atomic mass is 32.2. The van der Waals surface area contributed by atoms with Crippen molar-refractivity contribution in [3.8, 4) is 10.8 Å². The molecule has 0 fully saturated rings. The Kier molecular flexibility index (Phi) is 3.22. The van der Waals surface area contributed by atoms with Crippen molar-refractivity contribution in [3.05, 3.63) is 29.2 Å². The molecule has 0 saturated carbocycles. The van der Waals surface area contributed by atoms with E-state index < -0.39 is 0 Å². The summed E-state index contributed by atoms with van der Waals surface area (Å²) in [5.74, 6) is 8.00. The number of nitrogens with zero attached hydrogens (tertiary/aromatic N) is 5. The molecule has 2 N–H and O–H groups in total. The number of aromatic nitrogens is 5. The SMILES string of the molecule is Cc1nnc(SCc2nnc(-c3cccs3)o2)n1N. The van der Waals surface area contributed by atoms with E-state index in [0.717, 1.165) is 4.88 Å². The zero-order valence-corrected chi connectivity index (χ0v) is 11.6. The van der Waals surface area contributed by atoms with Crippen molar-refractivity contribution in [2.24, 2.45) is 0 Å². The Morgan fingerprint density at radius 2 is 2.26 bits per heavy atom. The Balaban J connectivity index is 1.69. The van der Waals surface area contributed by atoms with E-state index in [0.29, 0.717) is 28.5 Å². The molecule has 7 nitrogen and oxygen atoms in total. The first-order valence-corrected chi connectivity index (χ1v) is 7.26. The topological polar surface area (TPSA) is 95.6 Å². The second kappa shape index (κ2) is 5.02. The van der Waals surface area contributed by atoms with Crippen molar-refractivity contribution in [3.63, 3.8) is 0 Å². The van der Waals surface area contributed by atoms with E-state index in [2.05, 4.69) is 20.4 Å². The molecular weight excluding hydrogens is 284 g/mol. The summed E-state index contributed by atoms with van der Waals surface area (Å²) in [6.07, 6.45) is 0. The van der Waals surface area contributed by atoms with Gasteiger partial charge in [-0.05, 0) is 18.4 Å². The van der Waals surface area contributed by atoms with Crippen molar-refractivity contribution in [1.82, 2.24) is 25.1 Å². The van der Waals surface area contributed by atoms with E-state index in [1.165, 1.54) is 16.4 Å². The van der Waals surface area contributed by atoms with E-state index in [1.54, 1.807) is 18.3 Å². The van der Waals surface area contributed by atoms with Gasteiger partial charge in [0, 0.05) is 0 Å². The molecule has 9 heteroatoms. The van der Waals surface area contributed by atoms with Crippen LogP contribution < -0.4 is 5.84 Å². The van der Waals surface area contributed by atoms with E-state index in [4.69, 9.17) is 10.3 Å². The van der Waals surface area contributed by atoms with Crippen LogP contribution in [0.25, 0.3) is 10.8 Å². The third-order valence-electron chi connectivity index (χ3n) is 2.36. The molecule has 0 saturated heterocycles. The van der Waals surface area contributed by atoms with Gasteiger partial charge in [-0.2, -0.15) is 0 Å². The number of thioether (sulfide) groups is 1. The molecule has 0 spiro atoms. The standard InChI is InChI=1S/C10H10N6OS2/c1-6-12-15-10(16(6)11)19-5-8-13-14-9(17-8)7-3-2-4-18-7/h2-4H,5,11H2,1H3. The highest BCUT2D eigenvalue weighted by molar-refractivity contribution is 7.98. The summed E-state index contributed by atoms with van der Waals surface area (Å²) in [6.45, 7) is 1.79. The molecule has 0 amide bonds. The molecule has 3 aromatic heterocycles. The van der Waals surface area contributed by atoms with Crippen LogP contribution in [0.5, 0.6) is 0 Å². The minimum atomic E-state index is 0.508. The van der Waals surface area contributed by atoms with E-state index >= 15 is 0 Å². The van der Waals surface area contributed by atoms with Gasteiger partial charge in [0.1, 0.15) is 5.82 Å². The predicted octanol–water partition coefficient (Wildman–Crippen LogP) is 1.70. The van der Waals surface area contributed by atoms with Gasteiger partial charge in [-0.1, -0.05) is 17.8 Å². The van der Waals surface area contributed by atoms with Gasteiger partial charge in [0.05, 0.1) is 10.6 Å². The normalized spacial score (nSPS) is 11.0. The summed E-state index contributed by atoms with van der Waals surface area (Å²) < 4.78 is 7.00. The molecule has 0 aliphatic carbocycles. The van der Waals surface area contributed by atoms with Crippen molar-refractivity contribution in [2.45, 2.75) is 17.8 Å². The smallest absolute Gasteiger partial charge is 0.257 e. The fourth-order valence-electron chi connectivity index (χ4n) is 1.39. The van der Waals surface area contributed by atoms with Crippen molar-refractivity contribution in [1.29, 1.82) is 0 Å². The summed E-state index contributed by atoms with van der Waals surface area (Å²) in [7, 11) is 0. The largest absolute Gasteiger partial charge is 0.419 e. The quantitative estimate of drug-likeness (QED) is 0.578. The van der Waals surface area contributed by atoms with Gasteiger partial charge < -0.3 is 10.3 Å². The van der Waals surface area contributed by atoms with Crippen LogP contribution in [0.3, 0.4) is 0 Å². The maximum absolute atomic E-state index is 5.75. The number of aryl methyl sites for hydroxylation is 1. The van der Waals surface area contributed by atoms with Crippen molar-refractivity contribution >= 4 is 23.1 Å². The Morgan fingerprint density at radius 3 is 2.95 bits per heavy atom. The van der Waals surface area contributed by atoms with Gasteiger partial charge in [0.15, 0.2) is 0 Å². The minimum Gasteiger partial charge on any atom is -0.419 e. The van der Waals surface area contributed by atoms with E-state index in [-0.39, 0.29) is 0 Å². The number of hydrogen-bond acceptors (Lipinski definition) is 8. The average molecular weight is 294 g/mol. The number of nitrogens with two attached hydrogens (primary N) is 1. The Morgan fingerprint density at radius 1 is 1.37 bits per heavy atom. The molecule has 3 heterocycles. The highest BCUT2D eigenvalue weighted by Crippen LogP contribution is 2.25. The molecule has 3 aromatic rings. The number of thiophene rings is 1. The zero-order valence-electron chi connectivity index (χ0n) is 9.98. The minimum absolute atomic E-state index is 0.508. The molecule has 0 radical (unpaired) electrons. The molecular formula is C10H10N6OS2. The van der Waals surface area contributed by atoms with Gasteiger partial charge in [0.2, 0.25) is 11.0 Å². The highest BCUT2D eigenvalue weighted by Gasteiger charge is 2.12. The van der Waals surface area contributed by atoms with Crippen LogP contribution in [0.1, 0.15) is 11.7 Å². The second-order valence-electron chi connectivity index (χ2n) is 3.67. The van der Waals surface area contributed by atoms with Crippen LogP contribution in [0, 0.1) is 6.92 Å². The van der Waals surface area contributed by atoms with Gasteiger partial charge >= 0.3 is 0 Å². The van der Waals surface area contributed by atoms with E-state index in [1.807, 2.05) is 17.5 Å². The first-order chi connectivity index (χ1) is 9.24. The van der Waals surface area contributed by atoms with Gasteiger partial charge in [-0.25, -0.2) is 4.68 Å². The molecule has 0 atom stereocenters. The molecule has 98 valence electrons. The van der Waals surface area contributed by atoms with Crippen LogP contribution in [0.15, 0.2) is 27.1 Å². The summed E-state index contributed by atoms with van der Waals surface area (Å²) >= 11 is 2.96. The van der Waals surface area contributed by atoms with Gasteiger partial charge in [-0.15, -0.1) is 31.7 Å². The van der Waals surface area contributed by atoms with Crippen LogP contribution >= 0.6 is 23.1 Å². The average Bonchev–Trinajstić information content (AvgIpc) is 3.11. The maximum atomic E-state index is 5.75. The fourth-order valence-corrected chi connectivity index (χ4v) is 2.77. The summed E-state index contributed by atoms with van der Waals surface area (Å²) in [4.78, 5) is 0.960. The molecule has 0 unspecified atom stereocenters. The predicted molar refractivity (Wildman–Crippen MR) is 72.1 cm³/mol. The molecule has 0 bridgehead atoms. The van der Waals surface area contributed by atoms with E-state index in [9.17, 15) is 0 Å².